The van der Waals surface area contributed by atoms with E-state index >= 15 is 0 Å². The Kier molecular flexibility index (Phi) is 5.87. The SMILES string of the molecule is CNC[C@H]1CCCN(C(=O)Cc2ccc(Cl)cc2Br)C1. The van der Waals surface area contributed by atoms with Crippen LogP contribution in [0.3, 0.4) is 0 Å². The highest BCUT2D eigenvalue weighted by Gasteiger charge is 2.23. The van der Waals surface area contributed by atoms with E-state index in [4.69, 9.17) is 11.6 Å². The van der Waals surface area contributed by atoms with E-state index in [0.29, 0.717) is 17.4 Å². The summed E-state index contributed by atoms with van der Waals surface area (Å²) in [5.41, 5.74) is 0.995. The molecular weight excluding hydrogens is 340 g/mol. The van der Waals surface area contributed by atoms with Crippen molar-refractivity contribution in [2.24, 2.45) is 5.92 Å². The molecule has 1 heterocycles. The molecule has 20 heavy (non-hydrogen) atoms. The van der Waals surface area contributed by atoms with Gasteiger partial charge in [0, 0.05) is 22.6 Å². The summed E-state index contributed by atoms with van der Waals surface area (Å²) in [5.74, 6) is 0.778. The topological polar surface area (TPSA) is 32.3 Å². The minimum absolute atomic E-state index is 0.203. The summed E-state index contributed by atoms with van der Waals surface area (Å²) in [4.78, 5) is 14.4. The van der Waals surface area contributed by atoms with Gasteiger partial charge in [0.1, 0.15) is 0 Å². The molecule has 1 saturated heterocycles. The Labute approximate surface area is 133 Å². The van der Waals surface area contributed by atoms with Crippen LogP contribution in [0.15, 0.2) is 22.7 Å². The Bertz CT molecular complexity index is 479. The van der Waals surface area contributed by atoms with Gasteiger partial charge in [-0.15, -0.1) is 0 Å². The summed E-state index contributed by atoms with van der Waals surface area (Å²) < 4.78 is 0.905. The molecule has 1 aliphatic rings. The van der Waals surface area contributed by atoms with E-state index in [9.17, 15) is 4.79 Å². The second-order valence-corrected chi connectivity index (χ2v) is 6.61. The van der Waals surface area contributed by atoms with Gasteiger partial charge in [-0.2, -0.15) is 0 Å². The minimum atomic E-state index is 0.203. The van der Waals surface area contributed by atoms with Crippen molar-refractivity contribution in [1.29, 1.82) is 0 Å². The third-order valence-corrected chi connectivity index (χ3v) is 4.69. The van der Waals surface area contributed by atoms with E-state index < -0.39 is 0 Å². The number of halogens is 2. The summed E-state index contributed by atoms with van der Waals surface area (Å²) >= 11 is 9.39. The number of likely N-dealkylation sites (tertiary alicyclic amines) is 1. The highest BCUT2D eigenvalue weighted by atomic mass is 79.9. The van der Waals surface area contributed by atoms with Crippen molar-refractivity contribution >= 4 is 33.4 Å². The Morgan fingerprint density at radius 1 is 1.55 bits per heavy atom. The zero-order valence-corrected chi connectivity index (χ0v) is 14.0. The van der Waals surface area contributed by atoms with Crippen LogP contribution >= 0.6 is 27.5 Å². The smallest absolute Gasteiger partial charge is 0.227 e. The molecule has 0 spiro atoms. The van der Waals surface area contributed by atoms with Gasteiger partial charge < -0.3 is 10.2 Å². The first kappa shape index (κ1) is 15.8. The van der Waals surface area contributed by atoms with Gasteiger partial charge in [-0.1, -0.05) is 33.6 Å². The lowest BCUT2D eigenvalue weighted by molar-refractivity contribution is -0.132. The summed E-state index contributed by atoms with van der Waals surface area (Å²) in [6.07, 6.45) is 2.74. The van der Waals surface area contributed by atoms with Crippen LogP contribution in [0, 0.1) is 5.92 Å². The van der Waals surface area contributed by atoms with Crippen molar-refractivity contribution in [3.05, 3.63) is 33.3 Å². The zero-order chi connectivity index (χ0) is 14.5. The standard InChI is InChI=1S/C15H20BrClN2O/c1-18-9-11-3-2-6-19(10-11)15(20)7-12-4-5-13(17)8-14(12)16/h4-5,8,11,18H,2-3,6-7,9-10H2,1H3/t11-/m1/s1. The molecule has 2 rings (SSSR count). The third-order valence-electron chi connectivity index (χ3n) is 3.72. The number of amides is 1. The average Bonchev–Trinajstić information content (AvgIpc) is 2.42. The van der Waals surface area contributed by atoms with Crippen LogP contribution in [0.25, 0.3) is 0 Å². The molecule has 0 saturated carbocycles. The molecule has 0 bridgehead atoms. The van der Waals surface area contributed by atoms with Gasteiger partial charge >= 0.3 is 0 Å². The van der Waals surface area contributed by atoms with Gasteiger partial charge in [0.15, 0.2) is 0 Å². The monoisotopic (exact) mass is 358 g/mol. The lowest BCUT2D eigenvalue weighted by Gasteiger charge is -2.33. The van der Waals surface area contributed by atoms with Crippen molar-refractivity contribution in [2.45, 2.75) is 19.3 Å². The number of rotatable bonds is 4. The molecule has 1 atom stereocenters. The zero-order valence-electron chi connectivity index (χ0n) is 11.7. The molecule has 110 valence electrons. The number of piperidine rings is 1. The fourth-order valence-electron chi connectivity index (χ4n) is 2.69. The van der Waals surface area contributed by atoms with Crippen molar-refractivity contribution in [1.82, 2.24) is 10.2 Å². The summed E-state index contributed by atoms with van der Waals surface area (Å²) in [6.45, 7) is 2.73. The molecule has 1 amide bonds. The number of carbonyl (C=O) groups is 1. The molecule has 1 aliphatic heterocycles. The Hall–Kier alpha value is -0.580. The number of nitrogens with zero attached hydrogens (tertiary/aromatic N) is 1. The molecular formula is C15H20BrClN2O. The molecule has 3 nitrogen and oxygen atoms in total. The van der Waals surface area contributed by atoms with Gasteiger partial charge in [-0.05, 0) is 50.0 Å². The van der Waals surface area contributed by atoms with Gasteiger partial charge in [0.25, 0.3) is 0 Å². The number of hydrogen-bond donors (Lipinski definition) is 1. The molecule has 1 fully saturated rings. The molecule has 1 aromatic carbocycles. The number of nitrogens with one attached hydrogen (secondary N) is 1. The van der Waals surface area contributed by atoms with Gasteiger partial charge in [-0.3, -0.25) is 4.79 Å². The molecule has 0 unspecified atom stereocenters. The molecule has 1 N–H and O–H groups in total. The van der Waals surface area contributed by atoms with E-state index in [1.54, 1.807) is 0 Å². The Morgan fingerprint density at radius 3 is 3.05 bits per heavy atom. The van der Waals surface area contributed by atoms with Gasteiger partial charge in [0.2, 0.25) is 5.91 Å². The van der Waals surface area contributed by atoms with E-state index in [1.165, 1.54) is 6.42 Å². The normalized spacial score (nSPS) is 19.1. The Balaban J connectivity index is 1.97. The van der Waals surface area contributed by atoms with E-state index in [0.717, 1.165) is 36.1 Å². The largest absolute Gasteiger partial charge is 0.342 e. The fourth-order valence-corrected chi connectivity index (χ4v) is 3.51. The fraction of sp³-hybridized carbons (Fsp3) is 0.533. The van der Waals surface area contributed by atoms with Crippen LogP contribution in [0.4, 0.5) is 0 Å². The molecule has 5 heteroatoms. The second-order valence-electron chi connectivity index (χ2n) is 5.32. The first-order chi connectivity index (χ1) is 9.60. The quantitative estimate of drug-likeness (QED) is 0.896. The summed E-state index contributed by atoms with van der Waals surface area (Å²) in [7, 11) is 1.96. The van der Waals surface area contributed by atoms with Gasteiger partial charge in [-0.25, -0.2) is 0 Å². The maximum absolute atomic E-state index is 12.4. The highest BCUT2D eigenvalue weighted by molar-refractivity contribution is 9.10. The first-order valence-electron chi connectivity index (χ1n) is 6.96. The van der Waals surface area contributed by atoms with Crippen molar-refractivity contribution in [3.8, 4) is 0 Å². The van der Waals surface area contributed by atoms with Crippen molar-refractivity contribution in [2.75, 3.05) is 26.7 Å². The maximum Gasteiger partial charge on any atom is 0.227 e. The second kappa shape index (κ2) is 7.43. The number of carbonyl (C=O) groups excluding carboxylic acids is 1. The third kappa shape index (κ3) is 4.21. The predicted molar refractivity (Wildman–Crippen MR) is 86.1 cm³/mol. The van der Waals surface area contributed by atoms with Crippen LogP contribution in [0.2, 0.25) is 5.02 Å². The molecule has 1 aromatic rings. The summed E-state index contributed by atoms with van der Waals surface area (Å²) in [6, 6.07) is 5.58. The first-order valence-corrected chi connectivity index (χ1v) is 8.13. The van der Waals surface area contributed by atoms with Crippen molar-refractivity contribution in [3.63, 3.8) is 0 Å². The molecule has 0 aromatic heterocycles. The van der Waals surface area contributed by atoms with Gasteiger partial charge in [0.05, 0.1) is 6.42 Å². The predicted octanol–water partition coefficient (Wildman–Crippen LogP) is 3.10. The van der Waals surface area contributed by atoms with E-state index in [-0.39, 0.29) is 5.91 Å². The van der Waals surface area contributed by atoms with E-state index in [1.807, 2.05) is 30.1 Å². The van der Waals surface area contributed by atoms with Crippen LogP contribution < -0.4 is 5.32 Å². The van der Waals surface area contributed by atoms with Crippen LogP contribution in [-0.4, -0.2) is 37.5 Å². The Morgan fingerprint density at radius 2 is 2.35 bits per heavy atom. The van der Waals surface area contributed by atoms with Crippen LogP contribution in [0.1, 0.15) is 18.4 Å². The van der Waals surface area contributed by atoms with Crippen molar-refractivity contribution < 1.29 is 4.79 Å². The molecule has 0 aliphatic carbocycles. The van der Waals surface area contributed by atoms with Crippen LogP contribution in [-0.2, 0) is 11.2 Å². The average molecular weight is 360 g/mol. The van der Waals surface area contributed by atoms with Crippen LogP contribution in [0.5, 0.6) is 0 Å². The highest BCUT2D eigenvalue weighted by Crippen LogP contribution is 2.23. The lowest BCUT2D eigenvalue weighted by atomic mass is 9.97. The maximum atomic E-state index is 12.4. The lowest BCUT2D eigenvalue weighted by Crippen LogP contribution is -2.43. The summed E-state index contributed by atoms with van der Waals surface area (Å²) in [5, 5.41) is 3.88. The van der Waals surface area contributed by atoms with E-state index in [2.05, 4.69) is 21.2 Å². The number of benzene rings is 1. The number of hydrogen-bond acceptors (Lipinski definition) is 2. The molecule has 0 radical (unpaired) electrons. The minimum Gasteiger partial charge on any atom is -0.342 e.